The van der Waals surface area contributed by atoms with Crippen LogP contribution in [0.5, 0.6) is 11.5 Å². The van der Waals surface area contributed by atoms with Crippen molar-refractivity contribution in [3.63, 3.8) is 0 Å². The third kappa shape index (κ3) is 4.25. The number of carbonyl (C=O) groups is 2. The molecule has 0 saturated heterocycles. The predicted molar refractivity (Wildman–Crippen MR) is 118 cm³/mol. The van der Waals surface area contributed by atoms with Crippen LogP contribution in [0.2, 0.25) is 0 Å². The minimum absolute atomic E-state index is 0.00466. The van der Waals surface area contributed by atoms with Crippen LogP contribution in [-0.2, 0) is 4.79 Å². The van der Waals surface area contributed by atoms with E-state index in [1.54, 1.807) is 25.3 Å². The molecule has 1 aliphatic heterocycles. The number of carbonyl (C=O) groups excluding carboxylic acids is 2. The summed E-state index contributed by atoms with van der Waals surface area (Å²) in [5.74, 6) is 1.67. The fourth-order valence-electron chi connectivity index (χ4n) is 5.62. The van der Waals surface area contributed by atoms with Crippen molar-refractivity contribution >= 4 is 11.8 Å². The Morgan fingerprint density at radius 3 is 2.81 bits per heavy atom. The molecule has 7 heteroatoms. The van der Waals surface area contributed by atoms with E-state index in [0.29, 0.717) is 23.5 Å². The molecule has 1 aromatic rings. The second-order valence-corrected chi connectivity index (χ2v) is 9.06. The lowest BCUT2D eigenvalue weighted by atomic mass is 9.60. The first-order valence-corrected chi connectivity index (χ1v) is 11.7. The largest absolute Gasteiger partial charge is 0.497 e. The van der Waals surface area contributed by atoms with E-state index in [-0.39, 0.29) is 29.6 Å². The van der Waals surface area contributed by atoms with Gasteiger partial charge < -0.3 is 25.0 Å². The Morgan fingerprint density at radius 1 is 1.32 bits per heavy atom. The number of hydrogen-bond acceptors (Lipinski definition) is 5. The molecular formula is C24H35N3O4. The summed E-state index contributed by atoms with van der Waals surface area (Å²) in [5, 5.41) is 6.32. The second kappa shape index (κ2) is 9.07. The van der Waals surface area contributed by atoms with E-state index in [1.807, 2.05) is 0 Å². The number of nitrogens with zero attached hydrogens (tertiary/aromatic N) is 1. The highest BCUT2D eigenvalue weighted by atomic mass is 16.5. The van der Waals surface area contributed by atoms with Gasteiger partial charge in [-0.1, -0.05) is 13.8 Å². The van der Waals surface area contributed by atoms with Crippen molar-refractivity contribution < 1.29 is 19.1 Å². The molecule has 0 aromatic heterocycles. The summed E-state index contributed by atoms with van der Waals surface area (Å²) in [6.45, 7) is 8.14. The first-order chi connectivity index (χ1) is 15.0. The topological polar surface area (TPSA) is 79.9 Å². The minimum atomic E-state index is -0.709. The molecule has 1 heterocycles. The molecule has 3 aliphatic carbocycles. The maximum absolute atomic E-state index is 12.9. The van der Waals surface area contributed by atoms with Gasteiger partial charge in [-0.3, -0.25) is 9.59 Å². The van der Waals surface area contributed by atoms with E-state index in [4.69, 9.17) is 9.47 Å². The summed E-state index contributed by atoms with van der Waals surface area (Å²) >= 11 is 0. The molecule has 2 bridgehead atoms. The number of ether oxygens (including phenoxy) is 2. The van der Waals surface area contributed by atoms with Crippen LogP contribution < -0.4 is 20.1 Å². The Kier molecular flexibility index (Phi) is 6.42. The summed E-state index contributed by atoms with van der Waals surface area (Å²) in [5.41, 5.74) is -0.172. The van der Waals surface area contributed by atoms with E-state index >= 15 is 0 Å². The summed E-state index contributed by atoms with van der Waals surface area (Å²) in [4.78, 5) is 28.1. The van der Waals surface area contributed by atoms with Crippen LogP contribution in [0.25, 0.3) is 0 Å². The average Bonchev–Trinajstić information content (AvgIpc) is 2.78. The van der Waals surface area contributed by atoms with Crippen LogP contribution in [0, 0.1) is 17.8 Å². The molecule has 1 aromatic carbocycles. The lowest BCUT2D eigenvalue weighted by molar-refractivity contribution is -0.146. The number of rotatable bonds is 8. The van der Waals surface area contributed by atoms with Gasteiger partial charge in [-0.15, -0.1) is 0 Å². The zero-order valence-corrected chi connectivity index (χ0v) is 18.9. The van der Waals surface area contributed by atoms with Gasteiger partial charge in [-0.2, -0.15) is 0 Å². The number of amides is 2. The van der Waals surface area contributed by atoms with Gasteiger partial charge in [0.05, 0.1) is 12.7 Å². The molecule has 0 unspecified atom stereocenters. The maximum atomic E-state index is 12.9. The van der Waals surface area contributed by atoms with Crippen LogP contribution in [0.1, 0.15) is 56.3 Å². The Balaban J connectivity index is 1.39. The van der Waals surface area contributed by atoms with Crippen molar-refractivity contribution in [1.29, 1.82) is 0 Å². The summed E-state index contributed by atoms with van der Waals surface area (Å²) in [6, 6.07) is 5.30. The molecule has 5 rings (SSSR count). The van der Waals surface area contributed by atoms with E-state index in [2.05, 4.69) is 29.4 Å². The normalized spacial score (nSPS) is 28.8. The summed E-state index contributed by atoms with van der Waals surface area (Å²) < 4.78 is 11.7. The van der Waals surface area contributed by atoms with Crippen molar-refractivity contribution in [2.24, 2.45) is 17.8 Å². The number of nitrogens with one attached hydrogen (secondary N) is 2. The van der Waals surface area contributed by atoms with Gasteiger partial charge in [0, 0.05) is 30.9 Å². The van der Waals surface area contributed by atoms with Crippen LogP contribution in [-0.4, -0.2) is 55.7 Å². The van der Waals surface area contributed by atoms with Crippen LogP contribution in [0.15, 0.2) is 18.2 Å². The number of methoxy groups -OCH3 is 1. The monoisotopic (exact) mass is 429 g/mol. The van der Waals surface area contributed by atoms with Gasteiger partial charge in [0.15, 0.2) is 5.72 Å². The molecule has 2 N–H and O–H groups in total. The summed E-state index contributed by atoms with van der Waals surface area (Å²) in [6.07, 6.45) is 4.38. The molecule has 7 nitrogen and oxygen atoms in total. The third-order valence-electron chi connectivity index (χ3n) is 7.45. The lowest BCUT2D eigenvalue weighted by Crippen LogP contribution is -2.66. The van der Waals surface area contributed by atoms with Gasteiger partial charge in [0.2, 0.25) is 5.91 Å². The molecular weight excluding hydrogens is 394 g/mol. The summed E-state index contributed by atoms with van der Waals surface area (Å²) in [7, 11) is 1.61. The number of fused-ring (bicyclic) bond motifs is 3. The van der Waals surface area contributed by atoms with Crippen molar-refractivity contribution in [3.8, 4) is 11.5 Å². The molecule has 170 valence electrons. The fraction of sp³-hybridized carbons (Fsp3) is 0.667. The van der Waals surface area contributed by atoms with Crippen LogP contribution in [0.4, 0.5) is 0 Å². The van der Waals surface area contributed by atoms with Crippen molar-refractivity contribution in [1.82, 2.24) is 15.5 Å². The standard InChI is InChI=1S/C24H35N3O4/c1-4-27(5-2)12-6-11-25-22(28)20-13-17-8-7-16(20)15-24(17)26-23(29)19-10-9-18(30-3)14-21(19)31-24/h9-10,14,16-17,20H,4-8,11-13,15H2,1-3H3,(H,25,28)(H,26,29)/t16-,17+,20-,24+/m1/s1. The Hall–Kier alpha value is -2.28. The highest BCUT2D eigenvalue weighted by Crippen LogP contribution is 2.52. The Labute approximate surface area is 184 Å². The van der Waals surface area contributed by atoms with Crippen molar-refractivity contribution in [2.75, 3.05) is 33.3 Å². The zero-order valence-electron chi connectivity index (χ0n) is 18.9. The highest BCUT2D eigenvalue weighted by molar-refractivity contribution is 5.98. The quantitative estimate of drug-likeness (QED) is 0.621. The molecule has 1 spiro atoms. The highest BCUT2D eigenvalue weighted by Gasteiger charge is 2.57. The van der Waals surface area contributed by atoms with Gasteiger partial charge in [0.25, 0.3) is 5.91 Å². The van der Waals surface area contributed by atoms with E-state index in [9.17, 15) is 9.59 Å². The molecule has 2 amide bonds. The molecule has 4 aliphatic rings. The average molecular weight is 430 g/mol. The third-order valence-corrected chi connectivity index (χ3v) is 7.45. The molecule has 3 saturated carbocycles. The number of benzene rings is 1. The van der Waals surface area contributed by atoms with Gasteiger partial charge in [-0.25, -0.2) is 0 Å². The first-order valence-electron chi connectivity index (χ1n) is 11.7. The van der Waals surface area contributed by atoms with Crippen molar-refractivity contribution in [2.45, 2.75) is 51.7 Å². The molecule has 4 atom stereocenters. The first kappa shape index (κ1) is 21.9. The van der Waals surface area contributed by atoms with E-state index in [0.717, 1.165) is 51.9 Å². The maximum Gasteiger partial charge on any atom is 0.258 e. The SMILES string of the molecule is CCN(CC)CCCNC(=O)[C@@H]1C[C@@H]2CC[C@@H]1C[C@@]21NC(=O)c2ccc(OC)cc2O1. The fourth-order valence-corrected chi connectivity index (χ4v) is 5.62. The molecule has 31 heavy (non-hydrogen) atoms. The van der Waals surface area contributed by atoms with Crippen LogP contribution in [0.3, 0.4) is 0 Å². The van der Waals surface area contributed by atoms with Gasteiger partial charge in [-0.05, 0) is 63.4 Å². The Morgan fingerprint density at radius 2 is 2.13 bits per heavy atom. The number of hydrogen-bond donors (Lipinski definition) is 2. The minimum Gasteiger partial charge on any atom is -0.497 e. The second-order valence-electron chi connectivity index (χ2n) is 9.06. The van der Waals surface area contributed by atoms with Crippen LogP contribution >= 0.6 is 0 Å². The molecule has 3 fully saturated rings. The Bertz CT molecular complexity index is 825. The van der Waals surface area contributed by atoms with E-state index in [1.165, 1.54) is 0 Å². The zero-order chi connectivity index (χ0) is 22.0. The predicted octanol–water partition coefficient (Wildman–Crippen LogP) is 2.80. The van der Waals surface area contributed by atoms with E-state index < -0.39 is 5.72 Å². The van der Waals surface area contributed by atoms with Crippen molar-refractivity contribution in [3.05, 3.63) is 23.8 Å². The smallest absolute Gasteiger partial charge is 0.258 e. The molecule has 0 radical (unpaired) electrons. The van der Waals surface area contributed by atoms with Gasteiger partial charge in [0.1, 0.15) is 11.5 Å². The van der Waals surface area contributed by atoms with Gasteiger partial charge >= 0.3 is 0 Å². The lowest BCUT2D eigenvalue weighted by Gasteiger charge is -2.55.